The second-order valence-corrected chi connectivity index (χ2v) is 4.80. The van der Waals surface area contributed by atoms with Crippen molar-refractivity contribution in [2.45, 2.75) is 6.61 Å². The third-order valence-corrected chi connectivity index (χ3v) is 3.35. The van der Waals surface area contributed by atoms with Gasteiger partial charge in [0.25, 0.3) is 5.69 Å². The standard InChI is InChI=1S/C17H15N3O5/c1-23-16-7-14(15(20(21)22)8-17(16)24-2)10-19-25-11-13-6-4-3-5-12(13)9-18/h3-8,10H,11H2,1-2H3/b19-10-. The maximum atomic E-state index is 11.2. The van der Waals surface area contributed by atoms with E-state index in [4.69, 9.17) is 19.6 Å². The maximum Gasteiger partial charge on any atom is 0.282 e. The minimum Gasteiger partial charge on any atom is -0.493 e. The summed E-state index contributed by atoms with van der Waals surface area (Å²) in [6.45, 7) is 0.0708. The number of nitrogens with zero attached hydrogens (tertiary/aromatic N) is 3. The van der Waals surface area contributed by atoms with Crippen LogP contribution in [-0.4, -0.2) is 25.4 Å². The summed E-state index contributed by atoms with van der Waals surface area (Å²) in [5.74, 6) is 0.583. The van der Waals surface area contributed by atoms with Gasteiger partial charge in [0.15, 0.2) is 11.5 Å². The van der Waals surface area contributed by atoms with Crippen molar-refractivity contribution in [1.29, 1.82) is 5.26 Å². The summed E-state index contributed by atoms with van der Waals surface area (Å²) in [7, 11) is 2.82. The molecule has 0 saturated heterocycles. The lowest BCUT2D eigenvalue weighted by Gasteiger charge is -2.08. The highest BCUT2D eigenvalue weighted by atomic mass is 16.6. The summed E-state index contributed by atoms with van der Waals surface area (Å²) in [5, 5.41) is 24.0. The summed E-state index contributed by atoms with van der Waals surface area (Å²) >= 11 is 0. The summed E-state index contributed by atoms with van der Waals surface area (Å²) in [4.78, 5) is 15.8. The smallest absolute Gasteiger partial charge is 0.282 e. The topological polar surface area (TPSA) is 107 Å². The Bertz CT molecular complexity index is 843. The number of hydrogen-bond acceptors (Lipinski definition) is 7. The van der Waals surface area contributed by atoms with E-state index in [1.807, 2.05) is 0 Å². The van der Waals surface area contributed by atoms with Crippen molar-refractivity contribution < 1.29 is 19.2 Å². The minimum atomic E-state index is -0.547. The molecule has 0 amide bonds. The van der Waals surface area contributed by atoms with Crippen LogP contribution >= 0.6 is 0 Å². The first kappa shape index (κ1) is 17.7. The largest absolute Gasteiger partial charge is 0.493 e. The molecule has 0 aliphatic carbocycles. The van der Waals surface area contributed by atoms with E-state index in [2.05, 4.69) is 11.2 Å². The molecule has 8 heteroatoms. The molecule has 0 radical (unpaired) electrons. The molecule has 2 rings (SSSR count). The fraction of sp³-hybridized carbons (Fsp3) is 0.176. The number of nitro benzene ring substituents is 1. The van der Waals surface area contributed by atoms with E-state index in [0.29, 0.717) is 16.9 Å². The van der Waals surface area contributed by atoms with Crippen molar-refractivity contribution in [3.8, 4) is 17.6 Å². The van der Waals surface area contributed by atoms with Crippen LogP contribution in [0.15, 0.2) is 41.6 Å². The van der Waals surface area contributed by atoms with Crippen LogP contribution in [0.4, 0.5) is 5.69 Å². The average Bonchev–Trinajstić information content (AvgIpc) is 2.64. The molecule has 0 N–H and O–H groups in total. The Hall–Kier alpha value is -3.60. The van der Waals surface area contributed by atoms with Gasteiger partial charge in [-0.1, -0.05) is 23.4 Å². The Morgan fingerprint density at radius 1 is 1.24 bits per heavy atom. The van der Waals surface area contributed by atoms with Crippen LogP contribution in [0.3, 0.4) is 0 Å². The molecule has 0 heterocycles. The van der Waals surface area contributed by atoms with Crippen molar-refractivity contribution >= 4 is 11.9 Å². The van der Waals surface area contributed by atoms with Gasteiger partial charge in [-0.05, 0) is 12.1 Å². The Kier molecular flexibility index (Phi) is 5.90. The van der Waals surface area contributed by atoms with Crippen LogP contribution in [0.1, 0.15) is 16.7 Å². The lowest BCUT2D eigenvalue weighted by molar-refractivity contribution is -0.385. The molecule has 0 aliphatic heterocycles. The summed E-state index contributed by atoms with van der Waals surface area (Å²) < 4.78 is 10.2. The van der Waals surface area contributed by atoms with Gasteiger partial charge in [-0.2, -0.15) is 5.26 Å². The molecule has 2 aromatic rings. The number of nitro groups is 1. The highest BCUT2D eigenvalue weighted by Crippen LogP contribution is 2.33. The lowest BCUT2D eigenvalue weighted by atomic mass is 10.1. The van der Waals surface area contributed by atoms with E-state index in [1.54, 1.807) is 24.3 Å². The fourth-order valence-electron chi connectivity index (χ4n) is 2.10. The summed E-state index contributed by atoms with van der Waals surface area (Å²) in [6.07, 6.45) is 1.22. The molecule has 0 unspecified atom stereocenters. The highest BCUT2D eigenvalue weighted by Gasteiger charge is 2.18. The van der Waals surface area contributed by atoms with Gasteiger partial charge in [0, 0.05) is 5.56 Å². The average molecular weight is 341 g/mol. The Morgan fingerprint density at radius 2 is 1.92 bits per heavy atom. The van der Waals surface area contributed by atoms with E-state index < -0.39 is 4.92 Å². The van der Waals surface area contributed by atoms with Gasteiger partial charge in [-0.15, -0.1) is 0 Å². The van der Waals surface area contributed by atoms with Gasteiger partial charge in [0.1, 0.15) is 6.61 Å². The number of hydrogen-bond donors (Lipinski definition) is 0. The van der Waals surface area contributed by atoms with Crippen LogP contribution in [0.5, 0.6) is 11.5 Å². The van der Waals surface area contributed by atoms with Gasteiger partial charge >= 0.3 is 0 Å². The molecule has 0 saturated carbocycles. The minimum absolute atomic E-state index is 0.0708. The molecule has 0 fully saturated rings. The molecule has 8 nitrogen and oxygen atoms in total. The third kappa shape index (κ3) is 4.23. The lowest BCUT2D eigenvalue weighted by Crippen LogP contribution is -1.99. The SMILES string of the molecule is COc1cc(/C=N\OCc2ccccc2C#N)c([N+](=O)[O-])cc1OC. The first-order valence-electron chi connectivity index (χ1n) is 7.14. The molecule has 0 spiro atoms. The van der Waals surface area contributed by atoms with Gasteiger partial charge in [-0.25, -0.2) is 0 Å². The summed E-state index contributed by atoms with van der Waals surface area (Å²) in [6, 6.07) is 11.7. The highest BCUT2D eigenvalue weighted by molar-refractivity contribution is 5.86. The number of ether oxygens (including phenoxy) is 2. The van der Waals surface area contributed by atoms with Gasteiger partial charge in [0.2, 0.25) is 0 Å². The monoisotopic (exact) mass is 341 g/mol. The second kappa shape index (κ2) is 8.31. The van der Waals surface area contributed by atoms with Crippen molar-refractivity contribution in [2.24, 2.45) is 5.16 Å². The van der Waals surface area contributed by atoms with Crippen LogP contribution in [0.2, 0.25) is 0 Å². The fourth-order valence-corrected chi connectivity index (χ4v) is 2.10. The zero-order valence-corrected chi connectivity index (χ0v) is 13.6. The zero-order valence-electron chi connectivity index (χ0n) is 13.6. The van der Waals surface area contributed by atoms with E-state index in [1.165, 1.54) is 32.6 Å². The normalized spacial score (nSPS) is 10.3. The molecule has 25 heavy (non-hydrogen) atoms. The van der Waals surface area contributed by atoms with Crippen LogP contribution in [0, 0.1) is 21.4 Å². The predicted molar refractivity (Wildman–Crippen MR) is 89.7 cm³/mol. The molecule has 2 aromatic carbocycles. The van der Waals surface area contributed by atoms with E-state index in [9.17, 15) is 10.1 Å². The van der Waals surface area contributed by atoms with Gasteiger partial charge < -0.3 is 14.3 Å². The quantitative estimate of drug-likeness (QED) is 0.435. The second-order valence-electron chi connectivity index (χ2n) is 4.80. The first-order valence-corrected chi connectivity index (χ1v) is 7.14. The molecular formula is C17H15N3O5. The Balaban J connectivity index is 2.20. The molecule has 0 atom stereocenters. The Morgan fingerprint density at radius 3 is 2.56 bits per heavy atom. The molecule has 0 aromatic heterocycles. The van der Waals surface area contributed by atoms with Crippen LogP contribution in [0.25, 0.3) is 0 Å². The predicted octanol–water partition coefficient (Wildman–Crippen LogP) is 3.03. The number of rotatable bonds is 7. The van der Waals surface area contributed by atoms with Crippen LogP contribution in [-0.2, 0) is 11.4 Å². The zero-order chi connectivity index (χ0) is 18.2. The molecule has 0 bridgehead atoms. The first-order chi connectivity index (χ1) is 12.1. The number of benzene rings is 2. The van der Waals surface area contributed by atoms with Crippen molar-refractivity contribution in [2.75, 3.05) is 14.2 Å². The molecule has 128 valence electrons. The van der Waals surface area contributed by atoms with Gasteiger partial charge in [0.05, 0.1) is 48.6 Å². The number of oxime groups is 1. The van der Waals surface area contributed by atoms with Crippen molar-refractivity contribution in [3.05, 3.63) is 63.2 Å². The van der Waals surface area contributed by atoms with Crippen molar-refractivity contribution in [1.82, 2.24) is 0 Å². The number of nitriles is 1. The van der Waals surface area contributed by atoms with Crippen molar-refractivity contribution in [3.63, 3.8) is 0 Å². The Labute approximate surface area is 144 Å². The van der Waals surface area contributed by atoms with Crippen LogP contribution < -0.4 is 9.47 Å². The van der Waals surface area contributed by atoms with E-state index in [-0.39, 0.29) is 23.6 Å². The number of methoxy groups -OCH3 is 2. The third-order valence-electron chi connectivity index (χ3n) is 3.35. The molecule has 0 aliphatic rings. The van der Waals surface area contributed by atoms with E-state index >= 15 is 0 Å². The summed E-state index contributed by atoms with van der Waals surface area (Å²) in [5.41, 5.74) is 1.16. The maximum absolute atomic E-state index is 11.2. The van der Waals surface area contributed by atoms with Gasteiger partial charge in [-0.3, -0.25) is 10.1 Å². The molecular weight excluding hydrogens is 326 g/mol. The van der Waals surface area contributed by atoms with E-state index in [0.717, 1.165) is 0 Å².